The summed E-state index contributed by atoms with van der Waals surface area (Å²) in [6.45, 7) is 5.01. The standard InChI is InChI=1S/C30H45ClN4O3/c1-21(2)27(36)35(24-9-5-3-6-10-24)25-15-18-34(20-25)28(37)26(19-22-11-13-23(31)14-12-22)33-29(38)30(32)16-7-4-8-17-30/h11-14,21,24-26H,3-10,15-20,32H2,1-2H3,(H,33,38). The highest BCUT2D eigenvalue weighted by Gasteiger charge is 2.41. The maximum atomic E-state index is 13.9. The summed E-state index contributed by atoms with van der Waals surface area (Å²) in [4.78, 5) is 44.5. The Kier molecular flexibility index (Phi) is 9.74. The van der Waals surface area contributed by atoms with E-state index in [9.17, 15) is 14.4 Å². The van der Waals surface area contributed by atoms with Crippen molar-refractivity contribution in [1.82, 2.24) is 15.1 Å². The van der Waals surface area contributed by atoms with Crippen molar-refractivity contribution in [2.24, 2.45) is 11.7 Å². The Hall–Kier alpha value is -2.12. The van der Waals surface area contributed by atoms with E-state index in [1.54, 1.807) is 12.1 Å². The van der Waals surface area contributed by atoms with E-state index in [1.807, 2.05) is 30.9 Å². The van der Waals surface area contributed by atoms with E-state index in [0.717, 1.165) is 56.9 Å². The number of likely N-dealkylation sites (tertiary alicyclic amines) is 1. The van der Waals surface area contributed by atoms with Crippen LogP contribution in [0.25, 0.3) is 0 Å². The van der Waals surface area contributed by atoms with Gasteiger partial charge >= 0.3 is 0 Å². The summed E-state index contributed by atoms with van der Waals surface area (Å²) in [5.41, 5.74) is 6.53. The summed E-state index contributed by atoms with van der Waals surface area (Å²) >= 11 is 6.08. The van der Waals surface area contributed by atoms with E-state index >= 15 is 0 Å². The van der Waals surface area contributed by atoms with Crippen molar-refractivity contribution in [1.29, 1.82) is 0 Å². The van der Waals surface area contributed by atoms with Gasteiger partial charge in [-0.1, -0.05) is 76.1 Å². The number of amides is 3. The number of rotatable bonds is 8. The SMILES string of the molecule is CC(C)C(=O)N(C1CCCCC1)C1CCN(C(=O)C(Cc2ccc(Cl)cc2)NC(=O)C2(N)CCCCC2)C1. The molecule has 2 saturated carbocycles. The number of hydrogen-bond acceptors (Lipinski definition) is 4. The van der Waals surface area contributed by atoms with E-state index < -0.39 is 11.6 Å². The first-order valence-corrected chi connectivity index (χ1v) is 15.0. The summed E-state index contributed by atoms with van der Waals surface area (Å²) in [5, 5.41) is 3.68. The molecule has 1 aromatic carbocycles. The molecule has 0 aromatic heterocycles. The molecule has 1 aromatic rings. The minimum Gasteiger partial charge on any atom is -0.342 e. The lowest BCUT2D eigenvalue weighted by molar-refractivity contribution is -0.141. The normalized spacial score (nSPS) is 22.8. The topological polar surface area (TPSA) is 95.7 Å². The Balaban J connectivity index is 1.50. The fourth-order valence-corrected chi connectivity index (χ4v) is 6.60. The Morgan fingerprint density at radius 1 is 1.00 bits per heavy atom. The third kappa shape index (κ3) is 6.90. The van der Waals surface area contributed by atoms with Crippen LogP contribution in [0.3, 0.4) is 0 Å². The number of benzene rings is 1. The third-order valence-corrected chi connectivity index (χ3v) is 8.99. The molecule has 1 saturated heterocycles. The van der Waals surface area contributed by atoms with Gasteiger partial charge in [-0.05, 0) is 49.8 Å². The summed E-state index contributed by atoms with van der Waals surface area (Å²) < 4.78 is 0. The van der Waals surface area contributed by atoms with Crippen LogP contribution in [0.4, 0.5) is 0 Å². The average molecular weight is 545 g/mol. The van der Waals surface area contributed by atoms with Crippen LogP contribution in [0, 0.1) is 5.92 Å². The van der Waals surface area contributed by atoms with Crippen molar-refractivity contribution in [2.75, 3.05) is 13.1 Å². The molecule has 1 aliphatic heterocycles. The molecule has 3 N–H and O–H groups in total. The van der Waals surface area contributed by atoms with Gasteiger partial charge in [-0.25, -0.2) is 0 Å². The molecule has 210 valence electrons. The number of nitrogens with one attached hydrogen (secondary N) is 1. The molecule has 38 heavy (non-hydrogen) atoms. The molecule has 1 heterocycles. The van der Waals surface area contributed by atoms with E-state index in [1.165, 1.54) is 6.42 Å². The third-order valence-electron chi connectivity index (χ3n) is 8.74. The summed E-state index contributed by atoms with van der Waals surface area (Å²) in [6.07, 6.45) is 11.0. The van der Waals surface area contributed by atoms with Crippen LogP contribution in [0.2, 0.25) is 5.02 Å². The molecule has 4 rings (SSSR count). The molecule has 2 aliphatic carbocycles. The molecular formula is C30H45ClN4O3. The van der Waals surface area contributed by atoms with Crippen LogP contribution in [-0.4, -0.2) is 64.3 Å². The molecule has 3 aliphatic rings. The Morgan fingerprint density at radius 2 is 1.63 bits per heavy atom. The number of hydrogen-bond donors (Lipinski definition) is 2. The fourth-order valence-electron chi connectivity index (χ4n) is 6.47. The molecule has 8 heteroatoms. The van der Waals surface area contributed by atoms with E-state index in [-0.39, 0.29) is 35.7 Å². The van der Waals surface area contributed by atoms with Gasteiger partial charge in [0.1, 0.15) is 6.04 Å². The average Bonchev–Trinajstić information content (AvgIpc) is 3.40. The smallest absolute Gasteiger partial charge is 0.245 e. The van der Waals surface area contributed by atoms with Crippen molar-refractivity contribution in [3.8, 4) is 0 Å². The van der Waals surface area contributed by atoms with Crippen LogP contribution in [0.1, 0.15) is 90.0 Å². The highest BCUT2D eigenvalue weighted by Crippen LogP contribution is 2.30. The lowest BCUT2D eigenvalue weighted by atomic mass is 9.81. The lowest BCUT2D eigenvalue weighted by Crippen LogP contribution is -2.60. The second kappa shape index (κ2) is 12.8. The van der Waals surface area contributed by atoms with Crippen LogP contribution in [0.15, 0.2) is 24.3 Å². The molecule has 3 amide bonds. The predicted octanol–water partition coefficient (Wildman–Crippen LogP) is 4.45. The van der Waals surface area contributed by atoms with E-state index in [0.29, 0.717) is 37.4 Å². The molecule has 2 unspecified atom stereocenters. The predicted molar refractivity (Wildman–Crippen MR) is 151 cm³/mol. The van der Waals surface area contributed by atoms with Crippen molar-refractivity contribution in [3.05, 3.63) is 34.9 Å². The zero-order valence-electron chi connectivity index (χ0n) is 23.1. The number of carbonyl (C=O) groups excluding carboxylic acids is 3. The molecule has 0 spiro atoms. The Morgan fingerprint density at radius 3 is 2.26 bits per heavy atom. The Bertz CT molecular complexity index is 970. The van der Waals surface area contributed by atoms with Gasteiger partial charge in [0.15, 0.2) is 0 Å². The summed E-state index contributed by atoms with van der Waals surface area (Å²) in [6, 6.07) is 6.96. The van der Waals surface area contributed by atoms with Crippen LogP contribution in [0.5, 0.6) is 0 Å². The molecule has 3 fully saturated rings. The van der Waals surface area contributed by atoms with Crippen LogP contribution >= 0.6 is 11.6 Å². The van der Waals surface area contributed by atoms with Crippen molar-refractivity contribution in [2.45, 2.75) is 115 Å². The first-order chi connectivity index (χ1) is 18.2. The van der Waals surface area contributed by atoms with Crippen LogP contribution in [-0.2, 0) is 20.8 Å². The zero-order valence-corrected chi connectivity index (χ0v) is 23.8. The first kappa shape index (κ1) is 28.9. The quantitative estimate of drug-likeness (QED) is 0.505. The Labute approximate surface area is 232 Å². The van der Waals surface area contributed by atoms with Gasteiger partial charge in [0.05, 0.1) is 11.6 Å². The minimum absolute atomic E-state index is 0.0167. The largest absolute Gasteiger partial charge is 0.342 e. The molecule has 0 bridgehead atoms. The van der Waals surface area contributed by atoms with E-state index in [4.69, 9.17) is 17.3 Å². The maximum Gasteiger partial charge on any atom is 0.245 e. The minimum atomic E-state index is -0.925. The van der Waals surface area contributed by atoms with Crippen LogP contribution < -0.4 is 11.1 Å². The summed E-state index contributed by atoms with van der Waals surface area (Å²) in [7, 11) is 0. The van der Waals surface area contributed by atoms with Crippen molar-refractivity contribution < 1.29 is 14.4 Å². The van der Waals surface area contributed by atoms with Gasteiger partial charge in [-0.15, -0.1) is 0 Å². The van der Waals surface area contributed by atoms with Gasteiger partial charge in [0.2, 0.25) is 17.7 Å². The molecule has 0 radical (unpaired) electrons. The highest BCUT2D eigenvalue weighted by atomic mass is 35.5. The molecule has 2 atom stereocenters. The second-order valence-corrected chi connectivity index (χ2v) is 12.4. The first-order valence-electron chi connectivity index (χ1n) is 14.6. The second-order valence-electron chi connectivity index (χ2n) is 12.0. The number of nitrogens with zero attached hydrogens (tertiary/aromatic N) is 2. The van der Waals surface area contributed by atoms with Crippen molar-refractivity contribution in [3.63, 3.8) is 0 Å². The van der Waals surface area contributed by atoms with Gasteiger partial charge in [-0.2, -0.15) is 0 Å². The molecule has 7 nitrogen and oxygen atoms in total. The van der Waals surface area contributed by atoms with Gasteiger partial charge in [-0.3, -0.25) is 14.4 Å². The monoisotopic (exact) mass is 544 g/mol. The van der Waals surface area contributed by atoms with Gasteiger partial charge < -0.3 is 20.9 Å². The van der Waals surface area contributed by atoms with Gasteiger partial charge in [0, 0.05) is 36.5 Å². The highest BCUT2D eigenvalue weighted by molar-refractivity contribution is 6.30. The number of halogens is 1. The lowest BCUT2D eigenvalue weighted by Gasteiger charge is -2.40. The fraction of sp³-hybridized carbons (Fsp3) is 0.700. The zero-order chi connectivity index (χ0) is 27.3. The number of nitrogens with two attached hydrogens (primary N) is 1. The molecular weight excluding hydrogens is 500 g/mol. The van der Waals surface area contributed by atoms with Gasteiger partial charge in [0.25, 0.3) is 0 Å². The van der Waals surface area contributed by atoms with Crippen molar-refractivity contribution >= 4 is 29.3 Å². The maximum absolute atomic E-state index is 13.9. The number of carbonyl (C=O) groups is 3. The summed E-state index contributed by atoms with van der Waals surface area (Å²) in [5.74, 6) is -0.227. The van der Waals surface area contributed by atoms with E-state index in [2.05, 4.69) is 10.2 Å².